The van der Waals surface area contributed by atoms with Crippen LogP contribution in [0.25, 0.3) is 0 Å². The summed E-state index contributed by atoms with van der Waals surface area (Å²) in [7, 11) is 0. The molecule has 0 saturated heterocycles. The van der Waals surface area contributed by atoms with Crippen molar-refractivity contribution < 1.29 is 9.59 Å². The van der Waals surface area contributed by atoms with Gasteiger partial charge in [0.05, 0.1) is 0 Å². The van der Waals surface area contributed by atoms with Gasteiger partial charge in [-0.3, -0.25) is 14.6 Å². The van der Waals surface area contributed by atoms with Crippen molar-refractivity contribution in [1.82, 2.24) is 4.98 Å². The van der Waals surface area contributed by atoms with E-state index in [1.54, 1.807) is 36.5 Å². The Kier molecular flexibility index (Phi) is 6.01. The number of benzene rings is 2. The lowest BCUT2D eigenvalue weighted by molar-refractivity contribution is -0.114. The Bertz CT molecular complexity index is 967. The van der Waals surface area contributed by atoms with E-state index in [9.17, 15) is 9.59 Å². The summed E-state index contributed by atoms with van der Waals surface area (Å²) >= 11 is 0. The summed E-state index contributed by atoms with van der Waals surface area (Å²) in [6.07, 6.45) is 2.59. The molecule has 0 bridgehead atoms. The summed E-state index contributed by atoms with van der Waals surface area (Å²) in [5.74, 6) is -0.452. The second-order valence-corrected chi connectivity index (χ2v) is 6.32. The summed E-state index contributed by atoms with van der Waals surface area (Å²) in [6, 6.07) is 18.6. The molecule has 1 aromatic heterocycles. The molecule has 3 aromatic rings. The largest absolute Gasteiger partial charge is 0.355 e. The summed E-state index contributed by atoms with van der Waals surface area (Å²) in [6.45, 7) is 3.56. The van der Waals surface area contributed by atoms with E-state index < -0.39 is 0 Å². The zero-order valence-electron chi connectivity index (χ0n) is 15.8. The molecule has 0 radical (unpaired) electrons. The molecule has 3 N–H and O–H groups in total. The molecule has 2 aromatic carbocycles. The number of nitrogens with zero attached hydrogens (tertiary/aromatic N) is 1. The van der Waals surface area contributed by atoms with E-state index in [0.717, 1.165) is 17.8 Å². The molecule has 1 heterocycles. The summed E-state index contributed by atoms with van der Waals surface area (Å²) in [5, 5.41) is 8.77. The van der Waals surface area contributed by atoms with Crippen molar-refractivity contribution in [1.29, 1.82) is 0 Å². The van der Waals surface area contributed by atoms with Crippen molar-refractivity contribution >= 4 is 34.6 Å². The van der Waals surface area contributed by atoms with Crippen molar-refractivity contribution in [3.63, 3.8) is 0 Å². The second-order valence-electron chi connectivity index (χ2n) is 6.32. The Morgan fingerprint density at radius 1 is 0.821 bits per heavy atom. The van der Waals surface area contributed by atoms with Crippen LogP contribution in [-0.4, -0.2) is 16.8 Å². The molecule has 6 heteroatoms. The average Bonchev–Trinajstić information content (AvgIpc) is 2.70. The van der Waals surface area contributed by atoms with E-state index >= 15 is 0 Å². The van der Waals surface area contributed by atoms with Crippen molar-refractivity contribution in [3.05, 3.63) is 78.1 Å². The van der Waals surface area contributed by atoms with Crippen LogP contribution in [0.5, 0.6) is 0 Å². The number of aryl methyl sites for hydroxylation is 1. The van der Waals surface area contributed by atoms with Crippen molar-refractivity contribution in [2.45, 2.75) is 20.3 Å². The summed E-state index contributed by atoms with van der Waals surface area (Å²) < 4.78 is 0. The predicted octanol–water partition coefficient (Wildman–Crippen LogP) is 4.60. The minimum absolute atomic E-state index is 0.144. The van der Waals surface area contributed by atoms with Crippen molar-refractivity contribution in [3.8, 4) is 0 Å². The fourth-order valence-electron chi connectivity index (χ4n) is 2.66. The number of nitrogens with one attached hydrogen (secondary N) is 3. The minimum Gasteiger partial charge on any atom is -0.355 e. The highest BCUT2D eigenvalue weighted by molar-refractivity contribution is 6.03. The van der Waals surface area contributed by atoms with Gasteiger partial charge >= 0.3 is 0 Å². The van der Waals surface area contributed by atoms with Gasteiger partial charge in [0.15, 0.2) is 0 Å². The van der Waals surface area contributed by atoms with Gasteiger partial charge in [-0.1, -0.05) is 19.1 Å². The lowest BCUT2D eigenvalue weighted by Crippen LogP contribution is -2.14. The number of carbonyl (C=O) groups excluding carboxylic acids is 2. The molecule has 6 nitrogen and oxygen atoms in total. The maximum atomic E-state index is 12.5. The SMILES string of the molecule is CCc1ccc(Nc2ccnc(C(=O)Nc3ccc(NC(C)=O)cc3)c2)cc1. The zero-order valence-corrected chi connectivity index (χ0v) is 15.8. The van der Waals surface area contributed by atoms with Gasteiger partial charge in [0, 0.05) is 35.9 Å². The van der Waals surface area contributed by atoms with Crippen LogP contribution in [0.1, 0.15) is 29.9 Å². The molecule has 0 aliphatic carbocycles. The first-order valence-corrected chi connectivity index (χ1v) is 9.04. The minimum atomic E-state index is -0.308. The Hall–Kier alpha value is -3.67. The summed E-state index contributed by atoms with van der Waals surface area (Å²) in [5.41, 5.74) is 4.60. The van der Waals surface area contributed by atoms with Crippen LogP contribution >= 0.6 is 0 Å². The molecule has 2 amide bonds. The van der Waals surface area contributed by atoms with Crippen LogP contribution in [0.4, 0.5) is 22.7 Å². The van der Waals surface area contributed by atoms with E-state index in [0.29, 0.717) is 17.1 Å². The van der Waals surface area contributed by atoms with Crippen LogP contribution in [0.2, 0.25) is 0 Å². The number of pyridine rings is 1. The monoisotopic (exact) mass is 374 g/mol. The van der Waals surface area contributed by atoms with Crippen molar-refractivity contribution in [2.75, 3.05) is 16.0 Å². The number of hydrogen-bond acceptors (Lipinski definition) is 4. The molecule has 0 atom stereocenters. The van der Waals surface area contributed by atoms with E-state index in [1.807, 2.05) is 18.2 Å². The van der Waals surface area contributed by atoms with Gasteiger partial charge in [0.25, 0.3) is 5.91 Å². The molecule has 0 aliphatic heterocycles. The first-order chi connectivity index (χ1) is 13.5. The van der Waals surface area contributed by atoms with Crippen LogP contribution in [0, 0.1) is 0 Å². The third-order valence-corrected chi connectivity index (χ3v) is 4.11. The number of amides is 2. The molecule has 142 valence electrons. The van der Waals surface area contributed by atoms with Crippen molar-refractivity contribution in [2.24, 2.45) is 0 Å². The van der Waals surface area contributed by atoms with Crippen LogP contribution in [0.3, 0.4) is 0 Å². The number of rotatable bonds is 6. The lowest BCUT2D eigenvalue weighted by atomic mass is 10.1. The number of aromatic nitrogens is 1. The Balaban J connectivity index is 1.66. The zero-order chi connectivity index (χ0) is 19.9. The first-order valence-electron chi connectivity index (χ1n) is 9.04. The Morgan fingerprint density at radius 2 is 1.43 bits per heavy atom. The second kappa shape index (κ2) is 8.81. The molecule has 0 fully saturated rings. The molecule has 0 aliphatic rings. The fraction of sp³-hybridized carbons (Fsp3) is 0.136. The lowest BCUT2D eigenvalue weighted by Gasteiger charge is -2.09. The van der Waals surface area contributed by atoms with Crippen LogP contribution in [-0.2, 0) is 11.2 Å². The van der Waals surface area contributed by atoms with Gasteiger partial charge in [0.2, 0.25) is 5.91 Å². The predicted molar refractivity (Wildman–Crippen MR) is 112 cm³/mol. The molecule has 3 rings (SSSR count). The van der Waals surface area contributed by atoms with Gasteiger partial charge < -0.3 is 16.0 Å². The molecule has 0 spiro atoms. The number of hydrogen-bond donors (Lipinski definition) is 3. The first kappa shape index (κ1) is 19.1. The maximum Gasteiger partial charge on any atom is 0.274 e. The van der Waals surface area contributed by atoms with Crippen LogP contribution < -0.4 is 16.0 Å². The summed E-state index contributed by atoms with van der Waals surface area (Å²) in [4.78, 5) is 27.7. The molecule has 0 unspecified atom stereocenters. The van der Waals surface area contributed by atoms with E-state index in [2.05, 4.69) is 40.0 Å². The highest BCUT2D eigenvalue weighted by atomic mass is 16.2. The molecule has 28 heavy (non-hydrogen) atoms. The maximum absolute atomic E-state index is 12.5. The van der Waals surface area contributed by atoms with Gasteiger partial charge in [-0.15, -0.1) is 0 Å². The standard InChI is InChI=1S/C22H22N4O2/c1-3-16-4-6-18(7-5-16)25-20-12-13-23-21(14-20)22(28)26-19-10-8-17(9-11-19)24-15(2)27/h4-14H,3H2,1-2H3,(H,23,25)(H,24,27)(H,26,28). The average molecular weight is 374 g/mol. The van der Waals surface area contributed by atoms with Crippen LogP contribution in [0.15, 0.2) is 66.9 Å². The third kappa shape index (κ3) is 5.17. The third-order valence-electron chi connectivity index (χ3n) is 4.11. The number of carbonyl (C=O) groups is 2. The normalized spacial score (nSPS) is 10.2. The highest BCUT2D eigenvalue weighted by Crippen LogP contribution is 2.19. The quantitative estimate of drug-likeness (QED) is 0.589. The smallest absolute Gasteiger partial charge is 0.274 e. The van der Waals surface area contributed by atoms with E-state index in [1.165, 1.54) is 12.5 Å². The molecular weight excluding hydrogens is 352 g/mol. The Labute approximate surface area is 164 Å². The van der Waals surface area contributed by atoms with Gasteiger partial charge in [-0.05, 0) is 60.5 Å². The topological polar surface area (TPSA) is 83.1 Å². The molecule has 0 saturated carbocycles. The fourth-order valence-corrected chi connectivity index (χ4v) is 2.66. The van der Waals surface area contributed by atoms with E-state index in [4.69, 9.17) is 0 Å². The van der Waals surface area contributed by atoms with Gasteiger partial charge in [-0.25, -0.2) is 0 Å². The van der Waals surface area contributed by atoms with Gasteiger partial charge in [-0.2, -0.15) is 0 Å². The highest BCUT2D eigenvalue weighted by Gasteiger charge is 2.09. The van der Waals surface area contributed by atoms with Gasteiger partial charge in [0.1, 0.15) is 5.69 Å². The van der Waals surface area contributed by atoms with E-state index in [-0.39, 0.29) is 11.8 Å². The number of anilines is 4. The Morgan fingerprint density at radius 3 is 2.04 bits per heavy atom. The molecular formula is C22H22N4O2.